The summed E-state index contributed by atoms with van der Waals surface area (Å²) in [6.45, 7) is 4.22. The third-order valence-corrected chi connectivity index (χ3v) is 5.33. The van der Waals surface area contributed by atoms with Crippen molar-refractivity contribution in [2.75, 3.05) is 7.11 Å². The lowest BCUT2D eigenvalue weighted by Crippen LogP contribution is -2.18. The number of carbonyl (C=O) groups excluding carboxylic acids is 2. The minimum Gasteiger partial charge on any atom is -0.465 e. The second kappa shape index (κ2) is 9.05. The van der Waals surface area contributed by atoms with Gasteiger partial charge in [-0.2, -0.15) is 0 Å². The van der Waals surface area contributed by atoms with E-state index in [-0.39, 0.29) is 24.0 Å². The fourth-order valence-electron chi connectivity index (χ4n) is 3.78. The Hall–Kier alpha value is -2.62. The van der Waals surface area contributed by atoms with E-state index in [0.717, 1.165) is 30.4 Å². The quantitative estimate of drug-likeness (QED) is 0.641. The third-order valence-electron chi connectivity index (χ3n) is 5.33. The molecule has 0 fully saturated rings. The van der Waals surface area contributed by atoms with Gasteiger partial charge in [0.05, 0.1) is 12.7 Å². The highest BCUT2D eigenvalue weighted by atomic mass is 16.5. The first-order chi connectivity index (χ1) is 13.5. The molecule has 0 heterocycles. The summed E-state index contributed by atoms with van der Waals surface area (Å²) in [4.78, 5) is 24.0. The first-order valence-corrected chi connectivity index (χ1v) is 9.92. The molecule has 2 aromatic rings. The van der Waals surface area contributed by atoms with Crippen LogP contribution >= 0.6 is 0 Å². The minimum atomic E-state index is -0.336. The van der Waals surface area contributed by atoms with Gasteiger partial charge in [-0.05, 0) is 54.0 Å². The maximum atomic E-state index is 12.4. The van der Waals surface area contributed by atoms with Crippen LogP contribution in [0.3, 0.4) is 0 Å². The number of hydrogen-bond donors (Lipinski definition) is 0. The van der Waals surface area contributed by atoms with Gasteiger partial charge < -0.3 is 9.47 Å². The van der Waals surface area contributed by atoms with Crippen molar-refractivity contribution in [2.24, 2.45) is 11.8 Å². The SMILES string of the molecule is COC(=O)c1ccc(C[C@@H]2Cc3ccccc3[C@@H]2OC(=O)CCC(C)C)cc1. The molecule has 2 atom stereocenters. The molecule has 4 heteroatoms. The van der Waals surface area contributed by atoms with Crippen LogP contribution in [0.1, 0.15) is 59.8 Å². The second-order valence-electron chi connectivity index (χ2n) is 7.90. The molecule has 0 unspecified atom stereocenters. The minimum absolute atomic E-state index is 0.124. The fourth-order valence-corrected chi connectivity index (χ4v) is 3.78. The lowest BCUT2D eigenvalue weighted by Gasteiger charge is -2.21. The van der Waals surface area contributed by atoms with Crippen molar-refractivity contribution in [2.45, 2.75) is 45.6 Å². The van der Waals surface area contributed by atoms with Crippen LogP contribution in [0, 0.1) is 11.8 Å². The number of hydrogen-bond acceptors (Lipinski definition) is 4. The number of benzene rings is 2. The molecular weight excluding hydrogens is 352 g/mol. The maximum absolute atomic E-state index is 12.4. The summed E-state index contributed by atoms with van der Waals surface area (Å²) in [5.41, 5.74) is 4.03. The van der Waals surface area contributed by atoms with Gasteiger partial charge in [0.2, 0.25) is 0 Å². The molecule has 28 heavy (non-hydrogen) atoms. The smallest absolute Gasteiger partial charge is 0.337 e. The summed E-state index contributed by atoms with van der Waals surface area (Å²) in [5.74, 6) is 0.218. The molecule has 2 aromatic carbocycles. The molecule has 0 N–H and O–H groups in total. The Morgan fingerprint density at radius 3 is 2.46 bits per heavy atom. The summed E-state index contributed by atoms with van der Waals surface area (Å²) < 4.78 is 10.7. The molecule has 0 spiro atoms. The van der Waals surface area contributed by atoms with Gasteiger partial charge in [-0.15, -0.1) is 0 Å². The van der Waals surface area contributed by atoms with Crippen molar-refractivity contribution < 1.29 is 19.1 Å². The van der Waals surface area contributed by atoms with Gasteiger partial charge >= 0.3 is 11.9 Å². The van der Waals surface area contributed by atoms with Gasteiger partial charge in [-0.25, -0.2) is 4.79 Å². The molecule has 0 amide bonds. The zero-order valence-electron chi connectivity index (χ0n) is 16.8. The van der Waals surface area contributed by atoms with Gasteiger partial charge in [-0.1, -0.05) is 50.2 Å². The van der Waals surface area contributed by atoms with Crippen LogP contribution in [0.2, 0.25) is 0 Å². The lowest BCUT2D eigenvalue weighted by atomic mass is 9.94. The Kier molecular flexibility index (Phi) is 6.50. The molecular formula is C24H28O4. The van der Waals surface area contributed by atoms with E-state index in [1.54, 1.807) is 12.1 Å². The van der Waals surface area contributed by atoms with E-state index in [1.807, 2.05) is 24.3 Å². The second-order valence-corrected chi connectivity index (χ2v) is 7.90. The van der Waals surface area contributed by atoms with Crippen molar-refractivity contribution in [3.63, 3.8) is 0 Å². The van der Waals surface area contributed by atoms with Crippen molar-refractivity contribution in [1.29, 1.82) is 0 Å². The van der Waals surface area contributed by atoms with Crippen molar-refractivity contribution in [3.05, 3.63) is 70.8 Å². The van der Waals surface area contributed by atoms with Crippen LogP contribution in [0.5, 0.6) is 0 Å². The highest BCUT2D eigenvalue weighted by molar-refractivity contribution is 5.89. The predicted octanol–water partition coefficient (Wildman–Crippen LogP) is 4.91. The fraction of sp³-hybridized carbons (Fsp3) is 0.417. The Morgan fingerprint density at radius 1 is 1.07 bits per heavy atom. The first kappa shape index (κ1) is 20.1. The molecule has 0 aliphatic heterocycles. The zero-order valence-corrected chi connectivity index (χ0v) is 16.8. The van der Waals surface area contributed by atoms with Gasteiger partial charge in [0, 0.05) is 12.3 Å². The van der Waals surface area contributed by atoms with Gasteiger partial charge in [0.15, 0.2) is 0 Å². The standard InChI is InChI=1S/C24H28O4/c1-16(2)8-13-22(25)28-23-20(15-19-6-4-5-7-21(19)23)14-17-9-11-18(12-10-17)24(26)27-3/h4-7,9-12,16,20,23H,8,13-15H2,1-3H3/t20-,23-/m1/s1. The van der Waals surface area contributed by atoms with E-state index < -0.39 is 0 Å². The Balaban J connectivity index is 1.73. The lowest BCUT2D eigenvalue weighted by molar-refractivity contribution is -0.152. The van der Waals surface area contributed by atoms with Crippen LogP contribution < -0.4 is 0 Å². The predicted molar refractivity (Wildman–Crippen MR) is 108 cm³/mol. The number of fused-ring (bicyclic) bond motifs is 1. The van der Waals surface area contributed by atoms with E-state index >= 15 is 0 Å². The molecule has 4 nitrogen and oxygen atoms in total. The molecule has 0 aromatic heterocycles. The van der Waals surface area contributed by atoms with Gasteiger partial charge in [0.1, 0.15) is 6.10 Å². The van der Waals surface area contributed by atoms with E-state index in [9.17, 15) is 9.59 Å². The number of rotatable bonds is 7. The van der Waals surface area contributed by atoms with Gasteiger partial charge in [-0.3, -0.25) is 4.79 Å². The van der Waals surface area contributed by atoms with E-state index in [1.165, 1.54) is 12.7 Å². The van der Waals surface area contributed by atoms with E-state index in [4.69, 9.17) is 9.47 Å². The van der Waals surface area contributed by atoms with Crippen LogP contribution in [-0.2, 0) is 27.1 Å². The molecule has 0 radical (unpaired) electrons. The Morgan fingerprint density at radius 2 is 1.79 bits per heavy atom. The number of methoxy groups -OCH3 is 1. The highest BCUT2D eigenvalue weighted by Crippen LogP contribution is 2.40. The van der Waals surface area contributed by atoms with Crippen molar-refractivity contribution >= 4 is 11.9 Å². The Labute approximate surface area is 166 Å². The summed E-state index contributed by atoms with van der Waals surface area (Å²) >= 11 is 0. The van der Waals surface area contributed by atoms with Crippen LogP contribution in [0.25, 0.3) is 0 Å². The summed E-state index contributed by atoms with van der Waals surface area (Å²) in [6.07, 6.45) is 2.76. The van der Waals surface area contributed by atoms with Gasteiger partial charge in [0.25, 0.3) is 0 Å². The molecule has 3 rings (SSSR count). The van der Waals surface area contributed by atoms with Crippen LogP contribution in [0.15, 0.2) is 48.5 Å². The average molecular weight is 380 g/mol. The number of ether oxygens (including phenoxy) is 2. The summed E-state index contributed by atoms with van der Waals surface area (Å²) in [7, 11) is 1.38. The van der Waals surface area contributed by atoms with E-state index in [2.05, 4.69) is 26.0 Å². The summed E-state index contributed by atoms with van der Waals surface area (Å²) in [6, 6.07) is 15.7. The first-order valence-electron chi connectivity index (χ1n) is 9.92. The molecule has 1 aliphatic carbocycles. The average Bonchev–Trinajstić information content (AvgIpc) is 3.03. The monoisotopic (exact) mass is 380 g/mol. The maximum Gasteiger partial charge on any atom is 0.337 e. The number of esters is 2. The van der Waals surface area contributed by atoms with Crippen LogP contribution in [-0.4, -0.2) is 19.0 Å². The van der Waals surface area contributed by atoms with E-state index in [0.29, 0.717) is 17.9 Å². The van der Waals surface area contributed by atoms with Crippen molar-refractivity contribution in [1.82, 2.24) is 0 Å². The molecule has 0 saturated heterocycles. The summed E-state index contributed by atoms with van der Waals surface area (Å²) in [5, 5.41) is 0. The topological polar surface area (TPSA) is 52.6 Å². The normalized spacial score (nSPS) is 18.0. The number of carbonyl (C=O) groups is 2. The zero-order chi connectivity index (χ0) is 20.1. The van der Waals surface area contributed by atoms with Crippen molar-refractivity contribution in [3.8, 4) is 0 Å². The highest BCUT2D eigenvalue weighted by Gasteiger charge is 2.35. The largest absolute Gasteiger partial charge is 0.465 e. The molecule has 0 bridgehead atoms. The Bertz CT molecular complexity index is 823. The molecule has 0 saturated carbocycles. The molecule has 1 aliphatic rings. The van der Waals surface area contributed by atoms with Crippen LogP contribution in [0.4, 0.5) is 0 Å². The molecule has 148 valence electrons. The third kappa shape index (κ3) is 4.80.